The molecule has 0 aromatic rings. The molecule has 0 saturated carbocycles. The molecule has 0 aromatic heterocycles. The molecule has 0 heterocycles. The van der Waals surface area contributed by atoms with Crippen LogP contribution >= 0.6 is 0 Å². The van der Waals surface area contributed by atoms with E-state index in [0.29, 0.717) is 0 Å². The lowest BCUT2D eigenvalue weighted by Gasteiger charge is -2.29. The van der Waals surface area contributed by atoms with Gasteiger partial charge in [-0.2, -0.15) is 0 Å². The lowest BCUT2D eigenvalue weighted by Crippen LogP contribution is -2.48. The molecule has 4 nitrogen and oxygen atoms in total. The third kappa shape index (κ3) is 3.55. The zero-order valence-corrected chi connectivity index (χ0v) is 10.2. The van der Waals surface area contributed by atoms with Crippen LogP contribution in [0.15, 0.2) is 0 Å². The van der Waals surface area contributed by atoms with Gasteiger partial charge in [0.05, 0.1) is 11.9 Å². The Bertz CT molecular complexity index is 257. The van der Waals surface area contributed by atoms with Gasteiger partial charge in [0.25, 0.3) is 0 Å². The van der Waals surface area contributed by atoms with Gasteiger partial charge >= 0.3 is 0 Å². The fourth-order valence-corrected chi connectivity index (χ4v) is 2.31. The summed E-state index contributed by atoms with van der Waals surface area (Å²) < 4.78 is 25.9. The number of hydrogen-bond donors (Lipinski definition) is 2. The maximum Gasteiger partial charge on any atom is 0.216 e. The molecule has 0 aromatic carbocycles. The summed E-state index contributed by atoms with van der Waals surface area (Å²) >= 11 is 0. The number of sulfonamides is 1. The first kappa shape index (κ1) is 13.9. The van der Waals surface area contributed by atoms with Gasteiger partial charge in [-0.15, -0.1) is 0 Å². The van der Waals surface area contributed by atoms with Crippen LogP contribution in [0.1, 0.15) is 40.5 Å². The number of nitrogens with one attached hydrogen (secondary N) is 1. The van der Waals surface area contributed by atoms with Crippen LogP contribution in [0.2, 0.25) is 0 Å². The molecule has 0 saturated heterocycles. The van der Waals surface area contributed by atoms with Crippen LogP contribution in [0.25, 0.3) is 0 Å². The zero-order valence-electron chi connectivity index (χ0n) is 9.37. The first-order valence-corrected chi connectivity index (χ1v) is 6.49. The number of aliphatic hydroxyl groups is 1. The summed E-state index contributed by atoms with van der Waals surface area (Å²) in [6, 6.07) is 0. The Morgan fingerprint density at radius 3 is 2.07 bits per heavy atom. The number of hydrogen-bond acceptors (Lipinski definition) is 3. The van der Waals surface area contributed by atoms with Crippen LogP contribution < -0.4 is 4.72 Å². The Hall–Kier alpha value is -0.130. The van der Waals surface area contributed by atoms with Crippen molar-refractivity contribution in [2.24, 2.45) is 0 Å². The van der Waals surface area contributed by atoms with E-state index in [1.807, 2.05) is 20.8 Å². The minimum Gasteiger partial charge on any atom is -0.395 e. The van der Waals surface area contributed by atoms with E-state index in [4.69, 9.17) is 5.11 Å². The van der Waals surface area contributed by atoms with Gasteiger partial charge in [0.2, 0.25) is 10.0 Å². The average Bonchev–Trinajstić information content (AvgIpc) is 2.15. The molecule has 1 unspecified atom stereocenters. The average molecular weight is 223 g/mol. The molecule has 0 amide bonds. The van der Waals surface area contributed by atoms with E-state index >= 15 is 0 Å². The SMILES string of the molecule is CCC(C)(CC)NS(=O)(=O)C(C)CO. The number of rotatable bonds is 6. The third-order valence-corrected chi connectivity index (χ3v) is 4.72. The molecular formula is C9H21NO3S. The van der Waals surface area contributed by atoms with Crippen LogP contribution in [0, 0.1) is 0 Å². The van der Waals surface area contributed by atoms with Crippen LogP contribution in [0.5, 0.6) is 0 Å². The van der Waals surface area contributed by atoms with E-state index in [1.165, 1.54) is 6.92 Å². The first-order valence-electron chi connectivity index (χ1n) is 4.95. The lowest BCUT2D eigenvalue weighted by molar-refractivity contribution is 0.292. The second-order valence-electron chi connectivity index (χ2n) is 3.91. The molecule has 86 valence electrons. The molecule has 5 heteroatoms. The maximum absolute atomic E-state index is 11.6. The van der Waals surface area contributed by atoms with Crippen molar-refractivity contribution in [2.45, 2.75) is 51.3 Å². The lowest BCUT2D eigenvalue weighted by atomic mass is 9.98. The van der Waals surface area contributed by atoms with Gasteiger partial charge in [0, 0.05) is 5.54 Å². The van der Waals surface area contributed by atoms with Crippen molar-refractivity contribution in [1.29, 1.82) is 0 Å². The number of aliphatic hydroxyl groups excluding tert-OH is 1. The summed E-state index contributed by atoms with van der Waals surface area (Å²) in [5.41, 5.74) is -0.401. The highest BCUT2D eigenvalue weighted by atomic mass is 32.2. The van der Waals surface area contributed by atoms with Crippen molar-refractivity contribution in [3.05, 3.63) is 0 Å². The van der Waals surface area contributed by atoms with Crippen molar-refractivity contribution in [3.63, 3.8) is 0 Å². The second-order valence-corrected chi connectivity index (χ2v) is 6.01. The summed E-state index contributed by atoms with van der Waals surface area (Å²) in [7, 11) is -3.39. The van der Waals surface area contributed by atoms with E-state index in [0.717, 1.165) is 12.8 Å². The minimum absolute atomic E-state index is 0.348. The van der Waals surface area contributed by atoms with Gasteiger partial charge in [-0.1, -0.05) is 13.8 Å². The summed E-state index contributed by atoms with van der Waals surface area (Å²) in [6.45, 7) is 6.90. The van der Waals surface area contributed by atoms with Gasteiger partial charge in [-0.25, -0.2) is 13.1 Å². The molecule has 0 aliphatic rings. The van der Waals surface area contributed by atoms with Crippen molar-refractivity contribution in [3.8, 4) is 0 Å². The van der Waals surface area contributed by atoms with E-state index in [9.17, 15) is 8.42 Å². The highest BCUT2D eigenvalue weighted by molar-refractivity contribution is 7.90. The van der Waals surface area contributed by atoms with E-state index < -0.39 is 20.8 Å². The van der Waals surface area contributed by atoms with Gasteiger partial charge in [-0.05, 0) is 26.7 Å². The smallest absolute Gasteiger partial charge is 0.216 e. The Morgan fingerprint density at radius 2 is 1.79 bits per heavy atom. The highest BCUT2D eigenvalue weighted by Gasteiger charge is 2.29. The first-order chi connectivity index (χ1) is 6.31. The second kappa shape index (κ2) is 5.09. The molecule has 0 fully saturated rings. The predicted molar refractivity (Wildman–Crippen MR) is 57.6 cm³/mol. The van der Waals surface area contributed by atoms with Crippen LogP contribution in [-0.4, -0.2) is 30.9 Å². The Morgan fingerprint density at radius 1 is 1.36 bits per heavy atom. The van der Waals surface area contributed by atoms with E-state index in [-0.39, 0.29) is 6.61 Å². The molecule has 1 atom stereocenters. The van der Waals surface area contributed by atoms with Crippen molar-refractivity contribution < 1.29 is 13.5 Å². The van der Waals surface area contributed by atoms with Crippen molar-refractivity contribution in [2.75, 3.05) is 6.61 Å². The minimum atomic E-state index is -3.39. The molecule has 14 heavy (non-hydrogen) atoms. The molecule has 0 bridgehead atoms. The van der Waals surface area contributed by atoms with Crippen molar-refractivity contribution >= 4 is 10.0 Å². The Balaban J connectivity index is 4.65. The van der Waals surface area contributed by atoms with E-state index in [2.05, 4.69) is 4.72 Å². The molecule has 0 spiro atoms. The standard InChI is InChI=1S/C9H21NO3S/c1-5-9(4,6-2)10-14(12,13)8(3)7-11/h8,10-11H,5-7H2,1-4H3. The summed E-state index contributed by atoms with van der Waals surface area (Å²) in [4.78, 5) is 0. The van der Waals surface area contributed by atoms with Gasteiger partial charge in [-0.3, -0.25) is 0 Å². The van der Waals surface area contributed by atoms with E-state index in [1.54, 1.807) is 0 Å². The molecule has 0 aliphatic heterocycles. The predicted octanol–water partition coefficient (Wildman–Crippen LogP) is 0.865. The van der Waals surface area contributed by atoms with Gasteiger partial charge < -0.3 is 5.11 Å². The summed E-state index contributed by atoms with van der Waals surface area (Å²) in [5.74, 6) is 0. The molecule has 0 aliphatic carbocycles. The Kier molecular flexibility index (Phi) is 5.05. The molecule has 0 radical (unpaired) electrons. The summed E-state index contributed by atoms with van der Waals surface area (Å²) in [6.07, 6.45) is 1.47. The van der Waals surface area contributed by atoms with Crippen molar-refractivity contribution in [1.82, 2.24) is 4.72 Å². The van der Waals surface area contributed by atoms with Gasteiger partial charge in [0.1, 0.15) is 0 Å². The Labute approximate surface area is 86.8 Å². The van der Waals surface area contributed by atoms with Crippen LogP contribution in [0.4, 0.5) is 0 Å². The maximum atomic E-state index is 11.6. The fraction of sp³-hybridized carbons (Fsp3) is 1.00. The monoisotopic (exact) mass is 223 g/mol. The summed E-state index contributed by atoms with van der Waals surface area (Å²) in [5, 5.41) is 8.04. The normalized spacial score (nSPS) is 15.5. The third-order valence-electron chi connectivity index (χ3n) is 2.74. The van der Waals surface area contributed by atoms with Gasteiger partial charge in [0.15, 0.2) is 0 Å². The quantitative estimate of drug-likeness (QED) is 0.702. The van der Waals surface area contributed by atoms with Crippen LogP contribution in [-0.2, 0) is 10.0 Å². The fourth-order valence-electron chi connectivity index (χ4n) is 0.936. The molecular weight excluding hydrogens is 202 g/mol. The topological polar surface area (TPSA) is 66.4 Å². The molecule has 2 N–H and O–H groups in total. The van der Waals surface area contributed by atoms with Crippen LogP contribution in [0.3, 0.4) is 0 Å². The zero-order chi connectivity index (χ0) is 11.4. The molecule has 0 rings (SSSR count). The largest absolute Gasteiger partial charge is 0.395 e. The highest BCUT2D eigenvalue weighted by Crippen LogP contribution is 2.16.